The summed E-state index contributed by atoms with van der Waals surface area (Å²) in [5.41, 5.74) is 2.78. The minimum absolute atomic E-state index is 0.0917. The standard InChI is InChI=1S/C20H20Cl2N4OS/c1-3-13-5-8-15(9-6-13)23-18(27)12-28-20-25-24-19(26(20)4-2)16-10-7-14(21)11-17(16)22/h5-11H,3-4,12H2,1-2H3,(H,23,27). The smallest absolute Gasteiger partial charge is 0.234 e. The van der Waals surface area contributed by atoms with Gasteiger partial charge in [-0.25, -0.2) is 0 Å². The first-order valence-corrected chi connectivity index (χ1v) is 10.7. The van der Waals surface area contributed by atoms with Gasteiger partial charge in [0.25, 0.3) is 0 Å². The molecule has 3 aromatic rings. The zero-order valence-corrected chi connectivity index (χ0v) is 17.9. The lowest BCUT2D eigenvalue weighted by molar-refractivity contribution is -0.113. The van der Waals surface area contributed by atoms with Gasteiger partial charge in [0.2, 0.25) is 5.91 Å². The molecule has 8 heteroatoms. The number of hydrogen-bond acceptors (Lipinski definition) is 4. The molecule has 0 saturated carbocycles. The van der Waals surface area contributed by atoms with E-state index in [4.69, 9.17) is 23.2 Å². The first kappa shape index (κ1) is 20.7. The van der Waals surface area contributed by atoms with Gasteiger partial charge in [-0.15, -0.1) is 10.2 Å². The molecule has 0 fully saturated rings. The maximum Gasteiger partial charge on any atom is 0.234 e. The molecule has 0 atom stereocenters. The molecule has 0 saturated heterocycles. The summed E-state index contributed by atoms with van der Waals surface area (Å²) in [4.78, 5) is 12.3. The molecule has 0 spiro atoms. The lowest BCUT2D eigenvalue weighted by Crippen LogP contribution is -2.14. The molecule has 1 aromatic heterocycles. The number of carbonyl (C=O) groups is 1. The lowest BCUT2D eigenvalue weighted by atomic mass is 10.1. The predicted octanol–water partition coefficient (Wildman–Crippen LogP) is 5.57. The van der Waals surface area contributed by atoms with Crippen molar-refractivity contribution in [1.29, 1.82) is 0 Å². The molecule has 0 aliphatic carbocycles. The average molecular weight is 435 g/mol. The van der Waals surface area contributed by atoms with Gasteiger partial charge >= 0.3 is 0 Å². The molecular formula is C20H20Cl2N4OS. The van der Waals surface area contributed by atoms with Crippen LogP contribution in [0.25, 0.3) is 11.4 Å². The number of hydrogen-bond donors (Lipinski definition) is 1. The van der Waals surface area contributed by atoms with Gasteiger partial charge in [0.05, 0.1) is 10.8 Å². The molecular weight excluding hydrogens is 415 g/mol. The molecule has 1 N–H and O–H groups in total. The molecule has 0 radical (unpaired) electrons. The summed E-state index contributed by atoms with van der Waals surface area (Å²) in [5.74, 6) is 0.801. The third kappa shape index (κ3) is 4.87. The van der Waals surface area contributed by atoms with Crippen molar-refractivity contribution in [2.45, 2.75) is 32.0 Å². The lowest BCUT2D eigenvalue weighted by Gasteiger charge is -2.09. The van der Waals surface area contributed by atoms with Gasteiger partial charge in [-0.3, -0.25) is 4.79 Å². The minimum atomic E-state index is -0.0917. The van der Waals surface area contributed by atoms with Crippen LogP contribution in [0.15, 0.2) is 47.6 Å². The Balaban J connectivity index is 1.69. The molecule has 0 aliphatic heterocycles. The van der Waals surface area contributed by atoms with E-state index in [1.807, 2.05) is 41.8 Å². The highest BCUT2D eigenvalue weighted by atomic mass is 35.5. The van der Waals surface area contributed by atoms with E-state index in [0.717, 1.165) is 17.7 Å². The molecule has 0 bridgehead atoms. The van der Waals surface area contributed by atoms with Crippen molar-refractivity contribution < 1.29 is 4.79 Å². The Labute approximate surface area is 178 Å². The maximum atomic E-state index is 12.3. The van der Waals surface area contributed by atoms with Gasteiger partial charge in [0, 0.05) is 22.8 Å². The molecule has 1 heterocycles. The number of nitrogens with zero attached hydrogens (tertiary/aromatic N) is 3. The summed E-state index contributed by atoms with van der Waals surface area (Å²) in [6.45, 7) is 4.75. The van der Waals surface area contributed by atoms with Gasteiger partial charge in [-0.1, -0.05) is 54.0 Å². The van der Waals surface area contributed by atoms with Crippen molar-refractivity contribution >= 4 is 46.6 Å². The van der Waals surface area contributed by atoms with Crippen molar-refractivity contribution in [2.75, 3.05) is 11.1 Å². The second kappa shape index (κ2) is 9.45. The first-order chi connectivity index (χ1) is 13.5. The van der Waals surface area contributed by atoms with Crippen molar-refractivity contribution in [3.05, 3.63) is 58.1 Å². The SMILES string of the molecule is CCc1ccc(NC(=O)CSc2nnc(-c3ccc(Cl)cc3Cl)n2CC)cc1. The molecule has 1 amide bonds. The van der Waals surface area contributed by atoms with Crippen molar-refractivity contribution in [2.24, 2.45) is 0 Å². The highest BCUT2D eigenvalue weighted by molar-refractivity contribution is 7.99. The van der Waals surface area contributed by atoms with E-state index >= 15 is 0 Å². The number of benzene rings is 2. The fourth-order valence-corrected chi connectivity index (χ4v) is 4.00. The van der Waals surface area contributed by atoms with Gasteiger partial charge < -0.3 is 9.88 Å². The zero-order chi connectivity index (χ0) is 20.1. The van der Waals surface area contributed by atoms with E-state index in [9.17, 15) is 4.79 Å². The number of anilines is 1. The highest BCUT2D eigenvalue weighted by Gasteiger charge is 2.17. The molecule has 28 heavy (non-hydrogen) atoms. The quantitative estimate of drug-likeness (QED) is 0.494. The fourth-order valence-electron chi connectivity index (χ4n) is 2.70. The van der Waals surface area contributed by atoms with Crippen LogP contribution in [0, 0.1) is 0 Å². The largest absolute Gasteiger partial charge is 0.325 e. The van der Waals surface area contributed by atoms with Crippen LogP contribution in [0.3, 0.4) is 0 Å². The summed E-state index contributed by atoms with van der Waals surface area (Å²) < 4.78 is 1.93. The van der Waals surface area contributed by atoms with E-state index in [-0.39, 0.29) is 11.7 Å². The molecule has 146 valence electrons. The number of rotatable bonds is 7. The maximum absolute atomic E-state index is 12.3. The van der Waals surface area contributed by atoms with Crippen LogP contribution in [0.4, 0.5) is 5.69 Å². The van der Waals surface area contributed by atoms with Gasteiger partial charge in [0.1, 0.15) is 0 Å². The second-order valence-corrected chi connectivity index (χ2v) is 7.85. The molecule has 3 rings (SSSR count). The summed E-state index contributed by atoms with van der Waals surface area (Å²) in [5, 5.41) is 13.1. The Hall–Kier alpha value is -2.02. The van der Waals surface area contributed by atoms with E-state index in [1.54, 1.807) is 12.1 Å². The normalized spacial score (nSPS) is 10.9. The molecule has 0 unspecified atom stereocenters. The number of aromatic nitrogens is 3. The first-order valence-electron chi connectivity index (χ1n) is 8.92. The molecule has 2 aromatic carbocycles. The van der Waals surface area contributed by atoms with Crippen LogP contribution >= 0.6 is 35.0 Å². The second-order valence-electron chi connectivity index (χ2n) is 6.06. The zero-order valence-electron chi connectivity index (χ0n) is 15.6. The third-order valence-electron chi connectivity index (χ3n) is 4.18. The molecule has 5 nitrogen and oxygen atoms in total. The van der Waals surface area contributed by atoms with Crippen molar-refractivity contribution in [1.82, 2.24) is 14.8 Å². The Bertz CT molecular complexity index is 973. The summed E-state index contributed by atoms with van der Waals surface area (Å²) >= 11 is 13.6. The Morgan fingerprint density at radius 2 is 1.86 bits per heavy atom. The summed E-state index contributed by atoms with van der Waals surface area (Å²) in [6.07, 6.45) is 0.969. The Morgan fingerprint density at radius 1 is 1.11 bits per heavy atom. The van der Waals surface area contributed by atoms with Crippen molar-refractivity contribution in [3.8, 4) is 11.4 Å². The van der Waals surface area contributed by atoms with Crippen LogP contribution in [0.5, 0.6) is 0 Å². The summed E-state index contributed by atoms with van der Waals surface area (Å²) in [6, 6.07) is 13.1. The summed E-state index contributed by atoms with van der Waals surface area (Å²) in [7, 11) is 0. The minimum Gasteiger partial charge on any atom is -0.325 e. The Kier molecular flexibility index (Phi) is 6.99. The third-order valence-corrected chi connectivity index (χ3v) is 5.70. The van der Waals surface area contributed by atoms with Crippen molar-refractivity contribution in [3.63, 3.8) is 0 Å². The van der Waals surface area contributed by atoms with E-state index in [2.05, 4.69) is 22.4 Å². The van der Waals surface area contributed by atoms with Crippen LogP contribution in [-0.2, 0) is 17.8 Å². The molecule has 0 aliphatic rings. The van der Waals surface area contributed by atoms with Crippen LogP contribution < -0.4 is 5.32 Å². The van der Waals surface area contributed by atoms with Crippen LogP contribution in [-0.4, -0.2) is 26.4 Å². The number of amides is 1. The highest BCUT2D eigenvalue weighted by Crippen LogP contribution is 2.31. The Morgan fingerprint density at radius 3 is 2.50 bits per heavy atom. The topological polar surface area (TPSA) is 59.8 Å². The fraction of sp³-hybridized carbons (Fsp3) is 0.250. The van der Waals surface area contributed by atoms with Gasteiger partial charge in [0.15, 0.2) is 11.0 Å². The van der Waals surface area contributed by atoms with Gasteiger partial charge in [-0.05, 0) is 49.2 Å². The average Bonchev–Trinajstić information content (AvgIpc) is 3.09. The number of thioether (sulfide) groups is 1. The van der Waals surface area contributed by atoms with Crippen LogP contribution in [0.2, 0.25) is 10.0 Å². The number of aryl methyl sites for hydroxylation is 1. The van der Waals surface area contributed by atoms with E-state index < -0.39 is 0 Å². The van der Waals surface area contributed by atoms with E-state index in [0.29, 0.717) is 27.6 Å². The number of carbonyl (C=O) groups excluding carboxylic acids is 1. The number of halogens is 2. The predicted molar refractivity (Wildman–Crippen MR) is 116 cm³/mol. The van der Waals surface area contributed by atoms with Gasteiger partial charge in [-0.2, -0.15) is 0 Å². The van der Waals surface area contributed by atoms with E-state index in [1.165, 1.54) is 17.3 Å². The van der Waals surface area contributed by atoms with Crippen LogP contribution in [0.1, 0.15) is 19.4 Å². The number of nitrogens with one attached hydrogen (secondary N) is 1. The monoisotopic (exact) mass is 434 g/mol.